The molecule has 1 aliphatic rings. The molecule has 3 aromatic rings. The van der Waals surface area contributed by atoms with E-state index in [1.54, 1.807) is 24.3 Å². The number of ketones is 1. The van der Waals surface area contributed by atoms with Gasteiger partial charge in [-0.25, -0.2) is 4.39 Å². The van der Waals surface area contributed by atoms with Gasteiger partial charge in [0.1, 0.15) is 17.3 Å². The lowest BCUT2D eigenvalue weighted by molar-refractivity contribution is -0.132. The summed E-state index contributed by atoms with van der Waals surface area (Å²) in [5.41, 5.74) is 1.79. The summed E-state index contributed by atoms with van der Waals surface area (Å²) in [6, 6.07) is 16.2. The van der Waals surface area contributed by atoms with Crippen molar-refractivity contribution in [2.75, 3.05) is 12.0 Å². The van der Waals surface area contributed by atoms with E-state index in [9.17, 15) is 19.1 Å². The molecule has 0 aliphatic carbocycles. The zero-order valence-electron chi connectivity index (χ0n) is 17.3. The summed E-state index contributed by atoms with van der Waals surface area (Å²) in [6.07, 6.45) is 0. The number of nitrogens with zero attached hydrogens (tertiary/aromatic N) is 1. The number of Topliss-reactive ketones (excluding diaryl/α,β-unsaturated/α-hetero) is 1. The van der Waals surface area contributed by atoms with Crippen LogP contribution in [0.4, 0.5) is 10.1 Å². The molecule has 0 spiro atoms. The molecule has 3 aromatic carbocycles. The maximum atomic E-state index is 13.6. The van der Waals surface area contributed by atoms with E-state index in [2.05, 4.69) is 0 Å². The SMILES string of the molecule is COc1ccc(Cl)cc1/C(O)=C1\C(=O)C(=O)N(c2ccccc2C)C1c1ccc(F)cc1. The third kappa shape index (κ3) is 3.63. The molecule has 32 heavy (non-hydrogen) atoms. The molecular formula is C25H19ClFNO4. The van der Waals surface area contributed by atoms with E-state index in [0.29, 0.717) is 16.3 Å². The number of methoxy groups -OCH3 is 1. The molecule has 0 aromatic heterocycles. The van der Waals surface area contributed by atoms with Gasteiger partial charge in [0.25, 0.3) is 11.7 Å². The second kappa shape index (κ2) is 8.48. The molecule has 4 rings (SSSR count). The van der Waals surface area contributed by atoms with Gasteiger partial charge in [0.15, 0.2) is 0 Å². The molecule has 7 heteroatoms. The van der Waals surface area contributed by atoms with Crippen molar-refractivity contribution in [3.05, 3.63) is 99.8 Å². The van der Waals surface area contributed by atoms with Crippen LogP contribution in [-0.4, -0.2) is 23.9 Å². The van der Waals surface area contributed by atoms with Crippen molar-refractivity contribution in [3.8, 4) is 5.75 Å². The van der Waals surface area contributed by atoms with E-state index in [1.807, 2.05) is 19.1 Å². The van der Waals surface area contributed by atoms with Crippen LogP contribution in [0.25, 0.3) is 5.76 Å². The van der Waals surface area contributed by atoms with Crippen molar-refractivity contribution in [1.82, 2.24) is 0 Å². The summed E-state index contributed by atoms with van der Waals surface area (Å²) in [4.78, 5) is 27.7. The Morgan fingerprint density at radius 1 is 1.06 bits per heavy atom. The standard InChI is InChI=1S/C25H19ClFNO4/c1-14-5-3-4-6-19(14)28-22(15-7-10-17(27)11-8-15)21(24(30)25(28)31)23(29)18-13-16(26)9-12-20(18)32-2/h3-13,22,29H,1-2H3/b23-21+. The van der Waals surface area contributed by atoms with E-state index in [-0.39, 0.29) is 16.9 Å². The Bertz CT molecular complexity index is 1250. The first kappa shape index (κ1) is 21.6. The lowest BCUT2D eigenvalue weighted by Gasteiger charge is -2.27. The monoisotopic (exact) mass is 451 g/mol. The smallest absolute Gasteiger partial charge is 0.300 e. The van der Waals surface area contributed by atoms with E-state index in [0.717, 1.165) is 5.56 Å². The van der Waals surface area contributed by atoms with Crippen LogP contribution in [0.1, 0.15) is 22.7 Å². The predicted molar refractivity (Wildman–Crippen MR) is 120 cm³/mol. The average molecular weight is 452 g/mol. The molecule has 1 unspecified atom stereocenters. The number of aliphatic hydroxyl groups is 1. The molecule has 1 fully saturated rings. The molecule has 1 aliphatic heterocycles. The topological polar surface area (TPSA) is 66.8 Å². The number of para-hydroxylation sites is 1. The number of aryl methyl sites for hydroxylation is 1. The normalized spacial score (nSPS) is 17.6. The largest absolute Gasteiger partial charge is 0.507 e. The number of carbonyl (C=O) groups excluding carboxylic acids is 2. The number of aliphatic hydroxyl groups excluding tert-OH is 1. The number of halogens is 2. The van der Waals surface area contributed by atoms with Crippen molar-refractivity contribution in [1.29, 1.82) is 0 Å². The fourth-order valence-electron chi connectivity index (χ4n) is 3.89. The highest BCUT2D eigenvalue weighted by Crippen LogP contribution is 2.44. The van der Waals surface area contributed by atoms with E-state index >= 15 is 0 Å². The molecule has 1 heterocycles. The van der Waals surface area contributed by atoms with Crippen LogP contribution >= 0.6 is 11.6 Å². The molecule has 1 amide bonds. The zero-order chi connectivity index (χ0) is 23.0. The lowest BCUT2D eigenvalue weighted by atomic mass is 9.94. The van der Waals surface area contributed by atoms with Crippen LogP contribution in [0.3, 0.4) is 0 Å². The summed E-state index contributed by atoms with van der Waals surface area (Å²) in [5, 5.41) is 11.6. The first-order chi connectivity index (χ1) is 15.3. The highest BCUT2D eigenvalue weighted by molar-refractivity contribution is 6.51. The van der Waals surface area contributed by atoms with Gasteiger partial charge in [-0.1, -0.05) is 41.9 Å². The van der Waals surface area contributed by atoms with E-state index < -0.39 is 29.3 Å². The second-order valence-corrected chi connectivity index (χ2v) is 7.79. The number of hydrogen-bond donors (Lipinski definition) is 1. The van der Waals surface area contributed by atoms with Crippen LogP contribution in [0.2, 0.25) is 5.02 Å². The van der Waals surface area contributed by atoms with Gasteiger partial charge in [0, 0.05) is 10.7 Å². The van der Waals surface area contributed by atoms with Gasteiger partial charge >= 0.3 is 0 Å². The van der Waals surface area contributed by atoms with Crippen LogP contribution < -0.4 is 9.64 Å². The minimum Gasteiger partial charge on any atom is -0.507 e. The van der Waals surface area contributed by atoms with Gasteiger partial charge in [-0.05, 0) is 54.4 Å². The van der Waals surface area contributed by atoms with Crippen LogP contribution in [0, 0.1) is 12.7 Å². The van der Waals surface area contributed by atoms with E-state index in [4.69, 9.17) is 16.3 Å². The molecule has 0 saturated carbocycles. The summed E-state index contributed by atoms with van der Waals surface area (Å²) < 4.78 is 19.0. The molecule has 0 radical (unpaired) electrons. The number of anilines is 1. The Labute approximate surface area is 189 Å². The number of amides is 1. The first-order valence-corrected chi connectivity index (χ1v) is 10.2. The molecular weight excluding hydrogens is 433 g/mol. The Balaban J connectivity index is 2.01. The summed E-state index contributed by atoms with van der Waals surface area (Å²) in [5.74, 6) is -2.25. The number of rotatable bonds is 4. The van der Waals surface area contributed by atoms with Gasteiger partial charge in [0.05, 0.1) is 24.3 Å². The molecule has 0 bridgehead atoms. The van der Waals surface area contributed by atoms with Gasteiger partial charge in [-0.2, -0.15) is 0 Å². The molecule has 5 nitrogen and oxygen atoms in total. The first-order valence-electron chi connectivity index (χ1n) is 9.79. The Morgan fingerprint density at radius 3 is 2.41 bits per heavy atom. The number of ether oxygens (including phenoxy) is 1. The van der Waals surface area contributed by atoms with E-state index in [1.165, 1.54) is 42.3 Å². The fraction of sp³-hybridized carbons (Fsp3) is 0.120. The highest BCUT2D eigenvalue weighted by atomic mass is 35.5. The molecule has 1 saturated heterocycles. The molecule has 1 N–H and O–H groups in total. The summed E-state index contributed by atoms with van der Waals surface area (Å²) in [6.45, 7) is 1.82. The summed E-state index contributed by atoms with van der Waals surface area (Å²) >= 11 is 6.11. The number of benzene rings is 3. The molecule has 162 valence electrons. The van der Waals surface area contributed by atoms with Crippen molar-refractivity contribution in [3.63, 3.8) is 0 Å². The summed E-state index contributed by atoms with van der Waals surface area (Å²) in [7, 11) is 1.42. The second-order valence-electron chi connectivity index (χ2n) is 7.35. The number of hydrogen-bond acceptors (Lipinski definition) is 4. The average Bonchev–Trinajstić information content (AvgIpc) is 3.04. The van der Waals surface area contributed by atoms with Crippen molar-refractivity contribution in [2.24, 2.45) is 0 Å². The van der Waals surface area contributed by atoms with Crippen molar-refractivity contribution >= 4 is 34.7 Å². The van der Waals surface area contributed by atoms with Crippen LogP contribution in [0.15, 0.2) is 72.3 Å². The Kier molecular flexibility index (Phi) is 5.72. The fourth-order valence-corrected chi connectivity index (χ4v) is 4.06. The molecule has 1 atom stereocenters. The van der Waals surface area contributed by atoms with Gasteiger partial charge in [-0.3, -0.25) is 14.5 Å². The Hall–Kier alpha value is -3.64. The lowest BCUT2D eigenvalue weighted by Crippen LogP contribution is -2.30. The highest BCUT2D eigenvalue weighted by Gasteiger charge is 2.47. The minimum atomic E-state index is -0.972. The maximum Gasteiger partial charge on any atom is 0.300 e. The van der Waals surface area contributed by atoms with Crippen molar-refractivity contribution in [2.45, 2.75) is 13.0 Å². The van der Waals surface area contributed by atoms with Gasteiger partial charge in [0.2, 0.25) is 0 Å². The van der Waals surface area contributed by atoms with Gasteiger partial charge in [-0.15, -0.1) is 0 Å². The predicted octanol–water partition coefficient (Wildman–Crippen LogP) is 5.42. The third-order valence-corrected chi connectivity index (χ3v) is 5.66. The third-order valence-electron chi connectivity index (χ3n) is 5.42. The zero-order valence-corrected chi connectivity index (χ0v) is 18.1. The van der Waals surface area contributed by atoms with Crippen LogP contribution in [0.5, 0.6) is 5.75 Å². The quantitative estimate of drug-likeness (QED) is 0.326. The maximum absolute atomic E-state index is 13.6. The minimum absolute atomic E-state index is 0.134. The van der Waals surface area contributed by atoms with Crippen molar-refractivity contribution < 1.29 is 23.8 Å². The van der Waals surface area contributed by atoms with Gasteiger partial charge < -0.3 is 9.84 Å². The Morgan fingerprint density at radius 2 is 1.75 bits per heavy atom. The number of carbonyl (C=O) groups is 2. The van der Waals surface area contributed by atoms with Crippen LogP contribution in [-0.2, 0) is 9.59 Å².